The van der Waals surface area contributed by atoms with Crippen molar-refractivity contribution in [3.63, 3.8) is 0 Å². The summed E-state index contributed by atoms with van der Waals surface area (Å²) < 4.78 is 12.7. The number of hydrogen-bond acceptors (Lipinski definition) is 7. The number of aliphatic hydroxyl groups excluding tert-OH is 1. The molecule has 2 N–H and O–H groups in total. The number of nitrogens with zero attached hydrogens (tertiary/aromatic N) is 2. The molecule has 2 rings (SSSR count). The number of methoxy groups -OCH3 is 1. The minimum absolute atomic E-state index is 0.0531. The predicted molar refractivity (Wildman–Crippen MR) is 210 cm³/mol. The molecule has 1 aliphatic rings. The third-order valence-corrected chi connectivity index (χ3v) is 10.4. The van der Waals surface area contributed by atoms with E-state index < -0.39 is 23.6 Å². The molecule has 9 heteroatoms. The van der Waals surface area contributed by atoms with E-state index in [-0.39, 0.29) is 18.1 Å². The van der Waals surface area contributed by atoms with Crippen molar-refractivity contribution in [1.29, 1.82) is 0 Å². The number of unbranched alkanes of at least 4 members (excludes halogenated alkanes) is 26. The molecule has 0 aromatic carbocycles. The molecule has 1 unspecified atom stereocenters. The zero-order valence-corrected chi connectivity index (χ0v) is 33.1. The first-order valence-electron chi connectivity index (χ1n) is 21.3. The van der Waals surface area contributed by atoms with Crippen molar-refractivity contribution in [2.75, 3.05) is 26.8 Å². The number of aromatic amines is 1. The topological polar surface area (TPSA) is 106 Å². The van der Waals surface area contributed by atoms with Crippen LogP contribution in [0.25, 0.3) is 0 Å². The Morgan fingerprint density at radius 2 is 1.06 bits per heavy atom. The number of hydrogen-bond donors (Lipinski definition) is 2. The van der Waals surface area contributed by atoms with Crippen molar-refractivity contribution >= 4 is 0 Å². The molecular weight excluding hydrogens is 642 g/mol. The first kappa shape index (κ1) is 45.1. The fourth-order valence-corrected chi connectivity index (χ4v) is 7.08. The van der Waals surface area contributed by atoms with Crippen molar-refractivity contribution < 1.29 is 19.4 Å². The Labute approximate surface area is 310 Å². The molecule has 9 nitrogen and oxygen atoms in total. The molecule has 0 fully saturated rings. The summed E-state index contributed by atoms with van der Waals surface area (Å²) in [6.45, 7) is 6.28. The van der Waals surface area contributed by atoms with Crippen LogP contribution in [0, 0.1) is 0 Å². The largest absolute Gasteiger partial charge is 0.506 e. The summed E-state index contributed by atoms with van der Waals surface area (Å²) in [5, 5.41) is 12.9. The highest BCUT2D eigenvalue weighted by atomic mass is 16.7. The fourth-order valence-electron chi connectivity index (χ4n) is 7.08. The molecule has 0 aliphatic carbocycles. The van der Waals surface area contributed by atoms with Crippen LogP contribution in [0.2, 0.25) is 0 Å². The van der Waals surface area contributed by atoms with Crippen LogP contribution in [0.5, 0.6) is 0 Å². The Balaban J connectivity index is 1.71. The SMILES string of the molecule is CCCCCCCCCCCCCCCCN(CCCCCCCCCCCCCCCC)OCC1=C(O)C(OC)[C@H](n2ccc(=O)[nH]c2=O)O1. The zero-order valence-electron chi connectivity index (χ0n) is 33.1. The first-order chi connectivity index (χ1) is 25.0. The highest BCUT2D eigenvalue weighted by Crippen LogP contribution is 2.32. The lowest BCUT2D eigenvalue weighted by Crippen LogP contribution is -2.36. The van der Waals surface area contributed by atoms with E-state index in [4.69, 9.17) is 14.3 Å². The lowest BCUT2D eigenvalue weighted by atomic mass is 10.0. The van der Waals surface area contributed by atoms with Gasteiger partial charge in [0.1, 0.15) is 6.61 Å². The third-order valence-electron chi connectivity index (χ3n) is 10.4. The van der Waals surface area contributed by atoms with Gasteiger partial charge in [-0.1, -0.05) is 181 Å². The van der Waals surface area contributed by atoms with Gasteiger partial charge in [-0.15, -0.1) is 0 Å². The minimum atomic E-state index is -0.928. The molecule has 1 aliphatic heterocycles. The van der Waals surface area contributed by atoms with Crippen LogP contribution in [-0.2, 0) is 14.3 Å². The highest BCUT2D eigenvalue weighted by molar-refractivity contribution is 5.14. The van der Waals surface area contributed by atoms with E-state index in [1.165, 1.54) is 191 Å². The van der Waals surface area contributed by atoms with Crippen LogP contribution in [0.3, 0.4) is 0 Å². The summed E-state index contributed by atoms with van der Waals surface area (Å²) in [6, 6.07) is 1.25. The molecule has 51 heavy (non-hydrogen) atoms. The van der Waals surface area contributed by atoms with Gasteiger partial charge in [0.05, 0.1) is 0 Å². The van der Waals surface area contributed by atoms with Crippen LogP contribution in [0.15, 0.2) is 33.4 Å². The van der Waals surface area contributed by atoms with Crippen LogP contribution in [0.4, 0.5) is 0 Å². The number of H-pyrrole nitrogens is 1. The van der Waals surface area contributed by atoms with Gasteiger partial charge in [0, 0.05) is 32.5 Å². The van der Waals surface area contributed by atoms with Crippen LogP contribution < -0.4 is 11.2 Å². The van der Waals surface area contributed by atoms with Gasteiger partial charge in [0.15, 0.2) is 17.6 Å². The van der Waals surface area contributed by atoms with E-state index in [0.29, 0.717) is 0 Å². The Kier molecular flexibility index (Phi) is 26.8. The molecule has 0 saturated carbocycles. The summed E-state index contributed by atoms with van der Waals surface area (Å²) in [6.07, 6.45) is 36.7. The number of rotatable bonds is 35. The first-order valence-corrected chi connectivity index (χ1v) is 21.3. The van der Waals surface area contributed by atoms with E-state index in [2.05, 4.69) is 18.8 Å². The maximum Gasteiger partial charge on any atom is 0.331 e. The summed E-state index contributed by atoms with van der Waals surface area (Å²) in [7, 11) is 1.45. The van der Waals surface area contributed by atoms with Crippen LogP contribution >= 0.6 is 0 Å². The average Bonchev–Trinajstić information content (AvgIpc) is 3.44. The Hall–Kier alpha value is -2.10. The molecule has 2 atom stereocenters. The second kappa shape index (κ2) is 30.4. The summed E-state index contributed by atoms with van der Waals surface area (Å²) in [5.74, 6) is 0.158. The van der Waals surface area contributed by atoms with Crippen molar-refractivity contribution in [1.82, 2.24) is 14.6 Å². The van der Waals surface area contributed by atoms with Gasteiger partial charge in [-0.2, -0.15) is 5.06 Å². The van der Waals surface area contributed by atoms with E-state index in [0.717, 1.165) is 25.9 Å². The van der Waals surface area contributed by atoms with Gasteiger partial charge < -0.3 is 14.6 Å². The quantitative estimate of drug-likeness (QED) is 0.0531. The molecular formula is C42H77N3O6. The lowest BCUT2D eigenvalue weighted by Gasteiger charge is -2.23. The fraction of sp³-hybridized carbons (Fsp3) is 0.857. The Morgan fingerprint density at radius 3 is 1.43 bits per heavy atom. The lowest BCUT2D eigenvalue weighted by molar-refractivity contribution is -0.163. The van der Waals surface area contributed by atoms with Crippen LogP contribution in [-0.4, -0.2) is 52.6 Å². The molecule has 0 amide bonds. The molecule has 0 bridgehead atoms. The zero-order chi connectivity index (χ0) is 36.8. The molecule has 0 saturated heterocycles. The number of hydroxylamine groups is 2. The maximum atomic E-state index is 12.4. The minimum Gasteiger partial charge on any atom is -0.506 e. The van der Waals surface area contributed by atoms with Crippen molar-refractivity contribution in [2.24, 2.45) is 0 Å². The van der Waals surface area contributed by atoms with Gasteiger partial charge in [-0.05, 0) is 12.8 Å². The summed E-state index contributed by atoms with van der Waals surface area (Å²) >= 11 is 0. The van der Waals surface area contributed by atoms with Gasteiger partial charge in [-0.3, -0.25) is 19.2 Å². The third kappa shape index (κ3) is 20.7. The summed E-state index contributed by atoms with van der Waals surface area (Å²) in [4.78, 5) is 32.5. The maximum absolute atomic E-state index is 12.4. The number of aliphatic hydroxyl groups is 1. The Morgan fingerprint density at radius 1 is 0.667 bits per heavy atom. The van der Waals surface area contributed by atoms with E-state index in [1.807, 2.05) is 5.06 Å². The van der Waals surface area contributed by atoms with Gasteiger partial charge in [0.2, 0.25) is 6.23 Å². The second-order valence-electron chi connectivity index (χ2n) is 14.9. The number of aromatic nitrogens is 2. The second-order valence-corrected chi connectivity index (χ2v) is 14.9. The van der Waals surface area contributed by atoms with Crippen molar-refractivity contribution in [2.45, 2.75) is 206 Å². The molecule has 1 aromatic rings. The average molecular weight is 720 g/mol. The van der Waals surface area contributed by atoms with Crippen molar-refractivity contribution in [3.8, 4) is 0 Å². The number of ether oxygens (including phenoxy) is 2. The number of nitrogens with one attached hydrogen (secondary N) is 1. The normalized spacial score (nSPS) is 16.1. The van der Waals surface area contributed by atoms with E-state index in [1.54, 1.807) is 0 Å². The molecule has 2 heterocycles. The molecule has 296 valence electrons. The van der Waals surface area contributed by atoms with Gasteiger partial charge in [-0.25, -0.2) is 4.79 Å². The van der Waals surface area contributed by atoms with Gasteiger partial charge in [0.25, 0.3) is 5.56 Å². The van der Waals surface area contributed by atoms with Crippen LogP contribution in [0.1, 0.15) is 200 Å². The molecule has 0 spiro atoms. The molecule has 1 aromatic heterocycles. The monoisotopic (exact) mass is 720 g/mol. The Bertz CT molecular complexity index is 1090. The van der Waals surface area contributed by atoms with Gasteiger partial charge >= 0.3 is 5.69 Å². The predicted octanol–water partition coefficient (Wildman–Crippen LogP) is 11.0. The van der Waals surface area contributed by atoms with E-state index >= 15 is 0 Å². The van der Waals surface area contributed by atoms with E-state index in [9.17, 15) is 14.7 Å². The van der Waals surface area contributed by atoms with Crippen molar-refractivity contribution in [3.05, 3.63) is 44.6 Å². The summed E-state index contributed by atoms with van der Waals surface area (Å²) in [5.41, 5.74) is -1.12. The smallest absolute Gasteiger partial charge is 0.331 e. The molecule has 0 radical (unpaired) electrons. The standard InChI is InChI=1S/C42H77N3O6/c1-4-6-8-10-12-14-16-18-20-22-24-26-28-30-33-44(34-31-29-27-25-23-21-19-17-15-13-11-9-7-5-2)50-36-37-39(47)40(49-3)41(51-37)45-35-32-38(46)43-42(45)48/h32,35,40-41,47H,4-31,33-34,36H2,1-3H3,(H,43,46,48)/t40?,41-/m1/s1. The highest BCUT2D eigenvalue weighted by Gasteiger charge is 2.39.